The molecule has 3 N–H and O–H groups in total. The fourth-order valence-electron chi connectivity index (χ4n) is 2.84. The Kier molecular flexibility index (Phi) is 10.9. The lowest BCUT2D eigenvalue weighted by Crippen LogP contribution is -2.46. The van der Waals surface area contributed by atoms with Gasteiger partial charge in [0.25, 0.3) is 0 Å². The van der Waals surface area contributed by atoms with Gasteiger partial charge in [0.15, 0.2) is 5.96 Å². The minimum atomic E-state index is 0. The van der Waals surface area contributed by atoms with Crippen LogP contribution in [0.1, 0.15) is 44.6 Å². The van der Waals surface area contributed by atoms with Gasteiger partial charge in [0.2, 0.25) is 5.91 Å². The molecule has 1 aromatic carbocycles. The van der Waals surface area contributed by atoms with Gasteiger partial charge >= 0.3 is 0 Å². The van der Waals surface area contributed by atoms with Gasteiger partial charge in [0, 0.05) is 17.6 Å². The summed E-state index contributed by atoms with van der Waals surface area (Å²) in [6, 6.07) is 7.96. The molecule has 1 fully saturated rings. The van der Waals surface area contributed by atoms with E-state index in [0.29, 0.717) is 23.6 Å². The van der Waals surface area contributed by atoms with E-state index < -0.39 is 0 Å². The lowest BCUT2D eigenvalue weighted by molar-refractivity contribution is -0.120. The third-order valence-electron chi connectivity index (χ3n) is 4.04. The number of nitrogens with zero attached hydrogens (tertiary/aromatic N) is 1. The number of carbonyl (C=O) groups excluding carboxylic acids is 1. The van der Waals surface area contributed by atoms with Crippen molar-refractivity contribution in [3.8, 4) is 0 Å². The van der Waals surface area contributed by atoms with Crippen molar-refractivity contribution in [2.45, 2.75) is 51.6 Å². The molecule has 1 aromatic rings. The second kappa shape index (κ2) is 12.4. The monoisotopic (exact) mass is 478 g/mol. The van der Waals surface area contributed by atoms with E-state index in [1.807, 2.05) is 31.2 Å². The number of hydrogen-bond donors (Lipinski definition) is 3. The molecule has 1 saturated carbocycles. The third kappa shape index (κ3) is 8.76. The fraction of sp³-hybridized carbons (Fsp3) is 0.556. The van der Waals surface area contributed by atoms with E-state index in [1.165, 1.54) is 19.3 Å². The summed E-state index contributed by atoms with van der Waals surface area (Å²) in [4.78, 5) is 16.6. The molecule has 1 aliphatic rings. The molecule has 1 aliphatic carbocycles. The second-order valence-corrected chi connectivity index (χ2v) is 6.52. The summed E-state index contributed by atoms with van der Waals surface area (Å²) in [6.07, 6.45) is 5.89. The van der Waals surface area contributed by atoms with E-state index in [4.69, 9.17) is 11.6 Å². The standard InChI is InChI=1S/C18H27ClN4O.HI/c1-2-20-18(21-12-14-7-6-8-15(19)11-14)22-13-17(24)23-16-9-4-3-5-10-16;/h6-8,11,16H,2-5,9-10,12-13H2,1H3,(H,23,24)(H2,20,21,22);1H. The van der Waals surface area contributed by atoms with Gasteiger partial charge in [-0.3, -0.25) is 4.79 Å². The van der Waals surface area contributed by atoms with Gasteiger partial charge in [-0.05, 0) is 37.5 Å². The van der Waals surface area contributed by atoms with Gasteiger partial charge < -0.3 is 16.0 Å². The van der Waals surface area contributed by atoms with Crippen molar-refractivity contribution in [3.05, 3.63) is 34.9 Å². The summed E-state index contributed by atoms with van der Waals surface area (Å²) in [5.74, 6) is 0.659. The first-order valence-corrected chi connectivity index (χ1v) is 9.11. The van der Waals surface area contributed by atoms with E-state index >= 15 is 0 Å². The van der Waals surface area contributed by atoms with Gasteiger partial charge in [-0.25, -0.2) is 4.99 Å². The molecule has 0 atom stereocenters. The maximum atomic E-state index is 12.1. The molecule has 140 valence electrons. The maximum absolute atomic E-state index is 12.1. The van der Waals surface area contributed by atoms with E-state index in [-0.39, 0.29) is 36.4 Å². The van der Waals surface area contributed by atoms with Crippen LogP contribution in [0.25, 0.3) is 0 Å². The first-order chi connectivity index (χ1) is 11.7. The molecule has 0 spiro atoms. The van der Waals surface area contributed by atoms with E-state index in [9.17, 15) is 4.79 Å². The van der Waals surface area contributed by atoms with Crippen molar-refractivity contribution in [1.82, 2.24) is 16.0 Å². The lowest BCUT2D eigenvalue weighted by Gasteiger charge is -2.23. The van der Waals surface area contributed by atoms with Crippen molar-refractivity contribution in [2.24, 2.45) is 4.99 Å². The van der Waals surface area contributed by atoms with Crippen LogP contribution in [0.3, 0.4) is 0 Å². The maximum Gasteiger partial charge on any atom is 0.239 e. The van der Waals surface area contributed by atoms with Crippen LogP contribution in [-0.2, 0) is 11.3 Å². The highest BCUT2D eigenvalue weighted by Crippen LogP contribution is 2.17. The van der Waals surface area contributed by atoms with Crippen LogP contribution in [0.5, 0.6) is 0 Å². The smallest absolute Gasteiger partial charge is 0.239 e. The number of hydrogen-bond acceptors (Lipinski definition) is 2. The Morgan fingerprint density at radius 3 is 2.68 bits per heavy atom. The zero-order valence-electron chi connectivity index (χ0n) is 14.7. The van der Waals surface area contributed by atoms with Crippen molar-refractivity contribution in [2.75, 3.05) is 13.1 Å². The second-order valence-electron chi connectivity index (χ2n) is 6.08. The lowest BCUT2D eigenvalue weighted by atomic mass is 9.95. The number of carbonyl (C=O) groups is 1. The van der Waals surface area contributed by atoms with Crippen LogP contribution < -0.4 is 16.0 Å². The summed E-state index contributed by atoms with van der Waals surface area (Å²) in [6.45, 7) is 3.49. The molecule has 25 heavy (non-hydrogen) atoms. The van der Waals surface area contributed by atoms with Gasteiger partial charge in [-0.1, -0.05) is 43.0 Å². The molecular weight excluding hydrogens is 451 g/mol. The van der Waals surface area contributed by atoms with Crippen LogP contribution >= 0.6 is 35.6 Å². The molecule has 0 aliphatic heterocycles. The Bertz CT molecular complexity index is 562. The first-order valence-electron chi connectivity index (χ1n) is 8.73. The Labute approximate surface area is 172 Å². The highest BCUT2D eigenvalue weighted by Gasteiger charge is 2.15. The Morgan fingerprint density at radius 2 is 2.00 bits per heavy atom. The van der Waals surface area contributed by atoms with Gasteiger partial charge in [-0.15, -0.1) is 24.0 Å². The number of rotatable bonds is 6. The van der Waals surface area contributed by atoms with Crippen LogP contribution in [-0.4, -0.2) is 31.0 Å². The van der Waals surface area contributed by atoms with Crippen molar-refractivity contribution in [1.29, 1.82) is 0 Å². The zero-order chi connectivity index (χ0) is 17.2. The average molecular weight is 479 g/mol. The predicted molar refractivity (Wildman–Crippen MR) is 115 cm³/mol. The van der Waals surface area contributed by atoms with E-state index in [1.54, 1.807) is 0 Å². The summed E-state index contributed by atoms with van der Waals surface area (Å²) in [5.41, 5.74) is 1.03. The fourth-order valence-corrected chi connectivity index (χ4v) is 3.05. The number of benzene rings is 1. The predicted octanol–water partition coefficient (Wildman–Crippen LogP) is 3.46. The van der Waals surface area contributed by atoms with Crippen molar-refractivity contribution >= 4 is 47.4 Å². The van der Waals surface area contributed by atoms with Crippen LogP contribution in [0.2, 0.25) is 5.02 Å². The van der Waals surface area contributed by atoms with Crippen LogP contribution in [0.4, 0.5) is 0 Å². The molecule has 0 unspecified atom stereocenters. The molecule has 1 amide bonds. The molecule has 5 nitrogen and oxygen atoms in total. The molecule has 2 rings (SSSR count). The van der Waals surface area contributed by atoms with Gasteiger partial charge in [0.1, 0.15) is 0 Å². The number of nitrogens with one attached hydrogen (secondary N) is 3. The molecule has 0 bridgehead atoms. The van der Waals surface area contributed by atoms with Gasteiger partial charge in [0.05, 0.1) is 13.1 Å². The van der Waals surface area contributed by atoms with E-state index in [2.05, 4.69) is 20.9 Å². The van der Waals surface area contributed by atoms with Crippen LogP contribution in [0, 0.1) is 0 Å². The topological polar surface area (TPSA) is 65.5 Å². The Hall–Kier alpha value is -1.02. The number of aliphatic imine (C=N–C) groups is 1. The summed E-state index contributed by atoms with van der Waals surface area (Å²) < 4.78 is 0. The molecule has 7 heteroatoms. The molecule has 0 saturated heterocycles. The van der Waals surface area contributed by atoms with Crippen molar-refractivity contribution < 1.29 is 4.79 Å². The molecule has 0 radical (unpaired) electrons. The number of guanidine groups is 1. The van der Waals surface area contributed by atoms with Gasteiger partial charge in [-0.2, -0.15) is 0 Å². The van der Waals surface area contributed by atoms with Crippen LogP contribution in [0.15, 0.2) is 29.3 Å². The zero-order valence-corrected chi connectivity index (χ0v) is 17.8. The number of halogens is 2. The Balaban J connectivity index is 0.00000312. The Morgan fingerprint density at radius 1 is 1.24 bits per heavy atom. The molecular formula is C18H28ClIN4O. The average Bonchev–Trinajstić information content (AvgIpc) is 2.58. The van der Waals surface area contributed by atoms with E-state index in [0.717, 1.165) is 24.9 Å². The molecule has 0 heterocycles. The highest BCUT2D eigenvalue weighted by atomic mass is 127. The summed E-state index contributed by atoms with van der Waals surface area (Å²) in [7, 11) is 0. The number of amides is 1. The normalized spacial score (nSPS) is 15.2. The minimum Gasteiger partial charge on any atom is -0.357 e. The minimum absolute atomic E-state index is 0. The largest absolute Gasteiger partial charge is 0.357 e. The molecule has 0 aromatic heterocycles. The highest BCUT2D eigenvalue weighted by molar-refractivity contribution is 14.0. The summed E-state index contributed by atoms with van der Waals surface area (Å²) >= 11 is 5.98. The van der Waals surface area contributed by atoms with Crippen molar-refractivity contribution in [3.63, 3.8) is 0 Å². The first kappa shape index (κ1) is 22.0. The SMILES string of the molecule is CCNC(=NCc1cccc(Cl)c1)NCC(=O)NC1CCCCC1.I. The quantitative estimate of drug-likeness (QED) is 0.333. The summed E-state index contributed by atoms with van der Waals surface area (Å²) in [5, 5.41) is 10.0. The third-order valence-corrected chi connectivity index (χ3v) is 4.27.